The molecule has 0 fully saturated rings. The van der Waals surface area contributed by atoms with Crippen LogP contribution >= 0.6 is 0 Å². The monoisotopic (exact) mass is 403 g/mol. The highest BCUT2D eigenvalue weighted by Gasteiger charge is 2.00. The molecule has 0 atom stereocenters. The number of halogens is 1. The number of hydrogen-bond donors (Lipinski definition) is 0. The topological polar surface area (TPSA) is 13.1 Å². The lowest BCUT2D eigenvalue weighted by Crippen LogP contribution is -3.00. The minimum absolute atomic E-state index is 0. The van der Waals surface area contributed by atoms with Crippen molar-refractivity contribution in [3.8, 4) is 5.75 Å². The Morgan fingerprint density at radius 1 is 0.909 bits per heavy atom. The Bertz CT molecular complexity index is 811. The average molecular weight is 403 g/mol. The van der Waals surface area contributed by atoms with Crippen molar-refractivity contribution in [3.63, 3.8) is 0 Å². The molecule has 0 spiro atoms. The van der Waals surface area contributed by atoms with Crippen LogP contribution in [-0.4, -0.2) is 7.11 Å². The Kier molecular flexibility index (Phi) is 5.55. The molecule has 0 radical (unpaired) electrons. The van der Waals surface area contributed by atoms with Gasteiger partial charge in [0.1, 0.15) is 12.8 Å². The third kappa shape index (κ3) is 3.65. The highest BCUT2D eigenvalue weighted by Crippen LogP contribution is 2.22. The van der Waals surface area contributed by atoms with Crippen molar-refractivity contribution >= 4 is 22.9 Å². The molecule has 0 saturated carbocycles. The van der Waals surface area contributed by atoms with Crippen LogP contribution in [0.2, 0.25) is 0 Å². The van der Waals surface area contributed by atoms with E-state index in [-0.39, 0.29) is 24.0 Å². The fraction of sp³-hybridized carbons (Fsp3) is 0.105. The molecule has 0 amide bonds. The molecule has 0 aliphatic heterocycles. The first-order valence-electron chi connectivity index (χ1n) is 6.97. The number of methoxy groups -OCH3 is 1. The molecular formula is C19H18INO. The van der Waals surface area contributed by atoms with E-state index in [4.69, 9.17) is 4.74 Å². The number of aromatic nitrogens is 1. The van der Waals surface area contributed by atoms with Crippen LogP contribution in [0.5, 0.6) is 5.75 Å². The quantitative estimate of drug-likeness (QED) is 0.467. The molecule has 0 saturated heterocycles. The van der Waals surface area contributed by atoms with Gasteiger partial charge in [0.15, 0.2) is 6.20 Å². The van der Waals surface area contributed by atoms with Crippen LogP contribution in [0.4, 0.5) is 0 Å². The van der Waals surface area contributed by atoms with Crippen LogP contribution in [0.3, 0.4) is 0 Å². The molecule has 112 valence electrons. The molecule has 3 rings (SSSR count). The van der Waals surface area contributed by atoms with Gasteiger partial charge in [0.2, 0.25) is 5.69 Å². The predicted octanol–water partition coefficient (Wildman–Crippen LogP) is 0.847. The third-order valence-electron chi connectivity index (χ3n) is 3.61. The van der Waals surface area contributed by atoms with E-state index >= 15 is 0 Å². The fourth-order valence-electron chi connectivity index (χ4n) is 2.36. The van der Waals surface area contributed by atoms with E-state index in [1.165, 1.54) is 22.0 Å². The molecule has 3 heteroatoms. The van der Waals surface area contributed by atoms with E-state index < -0.39 is 0 Å². The normalized spacial score (nSPS) is 10.6. The summed E-state index contributed by atoms with van der Waals surface area (Å²) in [6.07, 6.45) is 6.32. The molecule has 1 heterocycles. The molecule has 2 nitrogen and oxygen atoms in total. The molecule has 0 aliphatic carbocycles. The standard InChI is InChI=1S/C19H18NO.HI/c1-20-12-4-3-5-18(20)10-7-15-6-8-17-14-19(21-2)11-9-16(17)13-15;/h3-14H,1-2H3;1H/q+1;/p-1/b10-7+;. The van der Waals surface area contributed by atoms with Crippen LogP contribution in [0.25, 0.3) is 22.9 Å². The van der Waals surface area contributed by atoms with Crippen molar-refractivity contribution in [2.24, 2.45) is 7.05 Å². The van der Waals surface area contributed by atoms with Crippen LogP contribution < -0.4 is 33.3 Å². The summed E-state index contributed by atoms with van der Waals surface area (Å²) in [4.78, 5) is 0. The van der Waals surface area contributed by atoms with Gasteiger partial charge in [-0.25, -0.2) is 4.57 Å². The first-order valence-corrected chi connectivity index (χ1v) is 6.97. The summed E-state index contributed by atoms with van der Waals surface area (Å²) in [6.45, 7) is 0. The van der Waals surface area contributed by atoms with Crippen LogP contribution in [0.15, 0.2) is 60.8 Å². The summed E-state index contributed by atoms with van der Waals surface area (Å²) >= 11 is 0. The van der Waals surface area contributed by atoms with Crippen molar-refractivity contribution in [3.05, 3.63) is 72.1 Å². The number of ether oxygens (including phenoxy) is 1. The summed E-state index contributed by atoms with van der Waals surface area (Å²) in [5.41, 5.74) is 2.36. The lowest BCUT2D eigenvalue weighted by molar-refractivity contribution is -0.673. The molecule has 2 aromatic carbocycles. The first-order chi connectivity index (χ1) is 10.3. The van der Waals surface area contributed by atoms with E-state index in [2.05, 4.69) is 53.1 Å². The minimum atomic E-state index is 0. The molecule has 0 N–H and O–H groups in total. The van der Waals surface area contributed by atoms with Gasteiger partial charge in [0.05, 0.1) is 7.11 Å². The van der Waals surface area contributed by atoms with E-state index in [9.17, 15) is 0 Å². The summed E-state index contributed by atoms with van der Waals surface area (Å²) < 4.78 is 7.35. The molecule has 22 heavy (non-hydrogen) atoms. The summed E-state index contributed by atoms with van der Waals surface area (Å²) in [7, 11) is 3.74. The summed E-state index contributed by atoms with van der Waals surface area (Å²) in [6, 6.07) is 18.8. The second-order valence-electron chi connectivity index (χ2n) is 5.04. The molecule has 0 bridgehead atoms. The van der Waals surface area contributed by atoms with Crippen molar-refractivity contribution in [2.45, 2.75) is 0 Å². The van der Waals surface area contributed by atoms with Crippen LogP contribution in [-0.2, 0) is 7.05 Å². The smallest absolute Gasteiger partial charge is 0.204 e. The van der Waals surface area contributed by atoms with E-state index in [1.54, 1.807) is 7.11 Å². The highest BCUT2D eigenvalue weighted by molar-refractivity contribution is 5.87. The Balaban J connectivity index is 0.00000176. The predicted molar refractivity (Wildman–Crippen MR) is 87.0 cm³/mol. The van der Waals surface area contributed by atoms with Gasteiger partial charge >= 0.3 is 0 Å². The van der Waals surface area contributed by atoms with Crippen LogP contribution in [0.1, 0.15) is 11.3 Å². The number of fused-ring (bicyclic) bond motifs is 1. The van der Waals surface area contributed by atoms with Gasteiger partial charge in [-0.15, -0.1) is 0 Å². The molecule has 1 aromatic heterocycles. The second-order valence-corrected chi connectivity index (χ2v) is 5.04. The maximum absolute atomic E-state index is 5.25. The SMILES string of the molecule is COc1ccc2cc(/C=C/c3cccc[n+]3C)ccc2c1.[I-]. The van der Waals surface area contributed by atoms with Gasteiger partial charge in [-0.05, 0) is 46.7 Å². The number of aryl methyl sites for hydroxylation is 1. The van der Waals surface area contributed by atoms with Crippen molar-refractivity contribution in [1.29, 1.82) is 0 Å². The van der Waals surface area contributed by atoms with Gasteiger partial charge in [-0.3, -0.25) is 0 Å². The number of benzene rings is 2. The third-order valence-corrected chi connectivity index (χ3v) is 3.61. The Hall–Kier alpha value is -1.88. The molecular weight excluding hydrogens is 385 g/mol. The maximum atomic E-state index is 5.25. The minimum Gasteiger partial charge on any atom is -1.00 e. The van der Waals surface area contributed by atoms with E-state index in [0.717, 1.165) is 5.75 Å². The van der Waals surface area contributed by atoms with Gasteiger partial charge in [-0.2, -0.15) is 0 Å². The number of hydrogen-bond acceptors (Lipinski definition) is 1. The molecule has 0 aliphatic rings. The first kappa shape index (κ1) is 16.5. The van der Waals surface area contributed by atoms with Gasteiger partial charge in [-0.1, -0.05) is 18.2 Å². The average Bonchev–Trinajstić information content (AvgIpc) is 2.53. The number of pyridine rings is 1. The summed E-state index contributed by atoms with van der Waals surface area (Å²) in [5, 5.41) is 2.41. The zero-order valence-corrected chi connectivity index (χ0v) is 14.8. The zero-order chi connectivity index (χ0) is 14.7. The molecule has 3 aromatic rings. The van der Waals surface area contributed by atoms with Gasteiger partial charge in [0.25, 0.3) is 0 Å². The second kappa shape index (κ2) is 7.40. The number of rotatable bonds is 3. The van der Waals surface area contributed by atoms with Crippen molar-refractivity contribution in [1.82, 2.24) is 0 Å². The Morgan fingerprint density at radius 2 is 1.68 bits per heavy atom. The zero-order valence-electron chi connectivity index (χ0n) is 12.7. The Labute approximate surface area is 148 Å². The lowest BCUT2D eigenvalue weighted by Gasteiger charge is -2.03. The van der Waals surface area contributed by atoms with E-state index in [1.807, 2.05) is 31.4 Å². The Morgan fingerprint density at radius 3 is 2.45 bits per heavy atom. The highest BCUT2D eigenvalue weighted by atomic mass is 127. The van der Waals surface area contributed by atoms with E-state index in [0.29, 0.717) is 0 Å². The fourth-order valence-corrected chi connectivity index (χ4v) is 2.36. The van der Waals surface area contributed by atoms with Crippen LogP contribution in [0, 0.1) is 0 Å². The largest absolute Gasteiger partial charge is 1.00 e. The van der Waals surface area contributed by atoms with Gasteiger partial charge < -0.3 is 28.7 Å². The maximum Gasteiger partial charge on any atom is 0.204 e. The lowest BCUT2D eigenvalue weighted by atomic mass is 10.1. The number of nitrogens with zero attached hydrogens (tertiary/aromatic N) is 1. The van der Waals surface area contributed by atoms with Gasteiger partial charge in [0, 0.05) is 18.2 Å². The van der Waals surface area contributed by atoms with Crippen molar-refractivity contribution in [2.75, 3.05) is 7.11 Å². The summed E-state index contributed by atoms with van der Waals surface area (Å²) in [5.74, 6) is 0.891. The molecule has 0 unspecified atom stereocenters. The van der Waals surface area contributed by atoms with Crippen molar-refractivity contribution < 1.29 is 33.3 Å².